The summed E-state index contributed by atoms with van der Waals surface area (Å²) in [6.45, 7) is 0. The minimum atomic E-state index is -0.227. The second-order valence-corrected chi connectivity index (χ2v) is 6.94. The molecule has 5 aromatic rings. The van der Waals surface area contributed by atoms with Crippen molar-refractivity contribution >= 4 is 10.8 Å². The van der Waals surface area contributed by atoms with Crippen molar-refractivity contribution in [1.82, 2.24) is 19.9 Å². The van der Waals surface area contributed by atoms with Gasteiger partial charge in [0.15, 0.2) is 17.2 Å². The average molecular weight is 426 g/mol. The van der Waals surface area contributed by atoms with E-state index in [1.807, 2.05) is 54.6 Å². The van der Waals surface area contributed by atoms with E-state index in [-0.39, 0.29) is 11.4 Å². The van der Waals surface area contributed by atoms with Crippen LogP contribution in [0.5, 0.6) is 11.5 Å². The number of hydrogen-bond acceptors (Lipinski definition) is 7. The molecule has 2 aromatic heterocycles. The molecule has 0 N–H and O–H groups in total. The van der Waals surface area contributed by atoms with Crippen molar-refractivity contribution in [2.45, 2.75) is 0 Å². The van der Waals surface area contributed by atoms with E-state index in [4.69, 9.17) is 14.0 Å². The molecule has 0 amide bonds. The number of para-hydroxylation sites is 1. The van der Waals surface area contributed by atoms with Gasteiger partial charge in [0.25, 0.3) is 11.4 Å². The fourth-order valence-electron chi connectivity index (χ4n) is 3.50. The van der Waals surface area contributed by atoms with Gasteiger partial charge in [-0.15, -0.1) is 0 Å². The van der Waals surface area contributed by atoms with E-state index in [0.717, 1.165) is 0 Å². The Morgan fingerprint density at radius 2 is 1.56 bits per heavy atom. The van der Waals surface area contributed by atoms with Gasteiger partial charge in [-0.3, -0.25) is 4.79 Å². The van der Waals surface area contributed by atoms with E-state index in [0.29, 0.717) is 45.0 Å². The summed E-state index contributed by atoms with van der Waals surface area (Å²) in [4.78, 5) is 17.6. The molecule has 0 unspecified atom stereocenters. The molecule has 0 radical (unpaired) electrons. The minimum absolute atomic E-state index is 0.204. The summed E-state index contributed by atoms with van der Waals surface area (Å²) in [5.74, 6) is 1.72. The Balaban J connectivity index is 1.67. The molecular formula is C24H18N4O4. The SMILES string of the molecule is COc1ccc(-c2noc(-c3nn(-c4ccccc4)c(=O)c4ccccc34)n2)cc1OC. The van der Waals surface area contributed by atoms with Gasteiger partial charge < -0.3 is 14.0 Å². The maximum atomic E-state index is 13.1. The first-order valence-electron chi connectivity index (χ1n) is 9.83. The normalized spacial score (nSPS) is 10.9. The van der Waals surface area contributed by atoms with E-state index in [1.165, 1.54) is 4.68 Å². The monoisotopic (exact) mass is 426 g/mol. The molecule has 3 aromatic carbocycles. The third-order valence-corrected chi connectivity index (χ3v) is 5.08. The molecule has 0 atom stereocenters. The summed E-state index contributed by atoms with van der Waals surface area (Å²) in [7, 11) is 3.13. The van der Waals surface area contributed by atoms with Crippen LogP contribution >= 0.6 is 0 Å². The molecule has 0 aliphatic rings. The lowest BCUT2D eigenvalue weighted by Gasteiger charge is -2.09. The summed E-state index contributed by atoms with van der Waals surface area (Å²) >= 11 is 0. The molecule has 5 rings (SSSR count). The lowest BCUT2D eigenvalue weighted by atomic mass is 10.1. The van der Waals surface area contributed by atoms with Crippen molar-refractivity contribution in [3.8, 4) is 40.2 Å². The predicted molar refractivity (Wildman–Crippen MR) is 119 cm³/mol. The van der Waals surface area contributed by atoms with Gasteiger partial charge in [0.1, 0.15) is 0 Å². The second-order valence-electron chi connectivity index (χ2n) is 6.94. The van der Waals surface area contributed by atoms with Crippen LogP contribution in [0.2, 0.25) is 0 Å². The number of nitrogens with zero attached hydrogens (tertiary/aromatic N) is 4. The van der Waals surface area contributed by atoms with Crippen LogP contribution in [0.15, 0.2) is 82.1 Å². The molecule has 8 heteroatoms. The van der Waals surface area contributed by atoms with Gasteiger partial charge in [-0.25, -0.2) is 0 Å². The first kappa shape index (κ1) is 19.5. The molecule has 32 heavy (non-hydrogen) atoms. The van der Waals surface area contributed by atoms with Gasteiger partial charge in [0, 0.05) is 10.9 Å². The quantitative estimate of drug-likeness (QED) is 0.417. The summed E-state index contributed by atoms with van der Waals surface area (Å²) in [5, 5.41) is 9.83. The highest BCUT2D eigenvalue weighted by atomic mass is 16.5. The highest BCUT2D eigenvalue weighted by Gasteiger charge is 2.19. The van der Waals surface area contributed by atoms with E-state index in [1.54, 1.807) is 32.4 Å². The number of methoxy groups -OCH3 is 2. The van der Waals surface area contributed by atoms with E-state index in [9.17, 15) is 4.79 Å². The molecule has 0 saturated carbocycles. The van der Waals surface area contributed by atoms with Crippen LogP contribution < -0.4 is 15.0 Å². The fraction of sp³-hybridized carbons (Fsp3) is 0.0833. The predicted octanol–water partition coefficient (Wildman–Crippen LogP) is 4.12. The van der Waals surface area contributed by atoms with Crippen LogP contribution in [0.1, 0.15) is 0 Å². The van der Waals surface area contributed by atoms with E-state index in [2.05, 4.69) is 15.2 Å². The lowest BCUT2D eigenvalue weighted by Crippen LogP contribution is -2.22. The first-order valence-corrected chi connectivity index (χ1v) is 9.83. The zero-order chi connectivity index (χ0) is 22.1. The zero-order valence-electron chi connectivity index (χ0n) is 17.4. The molecule has 0 bridgehead atoms. The third kappa shape index (κ3) is 3.27. The Bertz CT molecular complexity index is 1470. The largest absolute Gasteiger partial charge is 0.493 e. The van der Waals surface area contributed by atoms with Crippen LogP contribution in [-0.4, -0.2) is 34.1 Å². The molecular weight excluding hydrogens is 408 g/mol. The van der Waals surface area contributed by atoms with E-state index >= 15 is 0 Å². The number of hydrogen-bond donors (Lipinski definition) is 0. The minimum Gasteiger partial charge on any atom is -0.493 e. The summed E-state index contributed by atoms with van der Waals surface area (Å²) in [5.41, 5.74) is 1.53. The van der Waals surface area contributed by atoms with Gasteiger partial charge in [-0.2, -0.15) is 14.8 Å². The van der Waals surface area contributed by atoms with Crippen LogP contribution in [0.25, 0.3) is 39.4 Å². The Hall–Kier alpha value is -4.46. The zero-order valence-corrected chi connectivity index (χ0v) is 17.4. The van der Waals surface area contributed by atoms with Gasteiger partial charge in [-0.05, 0) is 36.4 Å². The molecule has 0 aliphatic heterocycles. The van der Waals surface area contributed by atoms with Crippen molar-refractivity contribution in [1.29, 1.82) is 0 Å². The summed E-state index contributed by atoms with van der Waals surface area (Å²) < 4.78 is 17.6. The van der Waals surface area contributed by atoms with Gasteiger partial charge in [0.05, 0.1) is 25.3 Å². The van der Waals surface area contributed by atoms with Gasteiger partial charge in [0.2, 0.25) is 5.82 Å². The van der Waals surface area contributed by atoms with Crippen LogP contribution in [-0.2, 0) is 0 Å². The highest BCUT2D eigenvalue weighted by Crippen LogP contribution is 2.32. The van der Waals surface area contributed by atoms with Crippen LogP contribution in [0.3, 0.4) is 0 Å². The Morgan fingerprint density at radius 3 is 2.31 bits per heavy atom. The summed E-state index contributed by atoms with van der Waals surface area (Å²) in [6.07, 6.45) is 0. The number of fused-ring (bicyclic) bond motifs is 1. The lowest BCUT2D eigenvalue weighted by molar-refractivity contribution is 0.355. The average Bonchev–Trinajstić information content (AvgIpc) is 3.34. The molecule has 8 nitrogen and oxygen atoms in total. The molecule has 158 valence electrons. The van der Waals surface area contributed by atoms with Crippen LogP contribution in [0.4, 0.5) is 0 Å². The Morgan fingerprint density at radius 1 is 0.844 bits per heavy atom. The maximum absolute atomic E-state index is 13.1. The van der Waals surface area contributed by atoms with Crippen molar-refractivity contribution in [2.75, 3.05) is 14.2 Å². The second kappa shape index (κ2) is 7.99. The molecule has 0 aliphatic carbocycles. The number of rotatable bonds is 5. The van der Waals surface area contributed by atoms with Crippen molar-refractivity contribution in [3.05, 3.63) is 83.2 Å². The Labute approximate surface area is 182 Å². The highest BCUT2D eigenvalue weighted by molar-refractivity contribution is 5.92. The molecule has 0 spiro atoms. The van der Waals surface area contributed by atoms with Crippen molar-refractivity contribution < 1.29 is 14.0 Å². The Kier molecular flexibility index (Phi) is 4.87. The van der Waals surface area contributed by atoms with Crippen LogP contribution in [0, 0.1) is 0 Å². The fourth-order valence-corrected chi connectivity index (χ4v) is 3.50. The third-order valence-electron chi connectivity index (χ3n) is 5.08. The van der Waals surface area contributed by atoms with Crippen molar-refractivity contribution in [2.24, 2.45) is 0 Å². The van der Waals surface area contributed by atoms with Crippen molar-refractivity contribution in [3.63, 3.8) is 0 Å². The van der Waals surface area contributed by atoms with E-state index < -0.39 is 0 Å². The smallest absolute Gasteiger partial charge is 0.279 e. The molecule has 0 fully saturated rings. The number of benzene rings is 3. The van der Waals surface area contributed by atoms with Gasteiger partial charge >= 0.3 is 0 Å². The molecule has 2 heterocycles. The molecule has 0 saturated heterocycles. The summed E-state index contributed by atoms with van der Waals surface area (Å²) in [6, 6.07) is 21.8. The first-order chi connectivity index (χ1) is 15.7. The number of aromatic nitrogens is 4. The standard InChI is InChI=1S/C24H18N4O4/c1-30-19-13-12-15(14-20(19)31-2)22-25-23(32-27-22)21-17-10-6-7-11-18(17)24(29)28(26-21)16-8-4-3-5-9-16/h3-14H,1-2H3. The van der Waals surface area contributed by atoms with Gasteiger partial charge in [-0.1, -0.05) is 41.6 Å². The topological polar surface area (TPSA) is 92.3 Å². The maximum Gasteiger partial charge on any atom is 0.279 e. The number of ether oxygens (including phenoxy) is 2.